The van der Waals surface area contributed by atoms with Gasteiger partial charge in [0.15, 0.2) is 0 Å². The van der Waals surface area contributed by atoms with Crippen LogP contribution >= 0.6 is 0 Å². The quantitative estimate of drug-likeness (QED) is 0.707. The SMILES string of the molecule is Cc1ccccc1COc1cccc(CNCc2cccnc2)c1. The van der Waals surface area contributed by atoms with Crippen LogP contribution in [0.4, 0.5) is 0 Å². The number of rotatable bonds is 7. The highest BCUT2D eigenvalue weighted by Crippen LogP contribution is 2.16. The zero-order chi connectivity index (χ0) is 16.6. The Morgan fingerprint density at radius 3 is 2.58 bits per heavy atom. The van der Waals surface area contributed by atoms with Gasteiger partial charge in [-0.1, -0.05) is 42.5 Å². The molecule has 0 saturated carbocycles. The van der Waals surface area contributed by atoms with Crippen LogP contribution in [0.2, 0.25) is 0 Å². The molecule has 3 heteroatoms. The Morgan fingerprint density at radius 1 is 0.917 bits per heavy atom. The summed E-state index contributed by atoms with van der Waals surface area (Å²) in [5.41, 5.74) is 4.87. The molecule has 1 heterocycles. The molecular formula is C21H22N2O. The van der Waals surface area contributed by atoms with Gasteiger partial charge < -0.3 is 10.1 Å². The van der Waals surface area contributed by atoms with Gasteiger partial charge in [0.2, 0.25) is 0 Å². The second-order valence-corrected chi connectivity index (χ2v) is 5.83. The van der Waals surface area contributed by atoms with Gasteiger partial charge in [0.05, 0.1) is 0 Å². The maximum Gasteiger partial charge on any atom is 0.120 e. The monoisotopic (exact) mass is 318 g/mol. The predicted molar refractivity (Wildman–Crippen MR) is 96.7 cm³/mol. The van der Waals surface area contributed by atoms with Crippen LogP contribution in [0.5, 0.6) is 5.75 Å². The van der Waals surface area contributed by atoms with Gasteiger partial charge in [0.25, 0.3) is 0 Å². The lowest BCUT2D eigenvalue weighted by Crippen LogP contribution is -2.12. The van der Waals surface area contributed by atoms with E-state index < -0.39 is 0 Å². The number of hydrogen-bond acceptors (Lipinski definition) is 3. The summed E-state index contributed by atoms with van der Waals surface area (Å²) in [7, 11) is 0. The molecule has 3 nitrogen and oxygen atoms in total. The van der Waals surface area contributed by atoms with Crippen molar-refractivity contribution in [1.29, 1.82) is 0 Å². The van der Waals surface area contributed by atoms with Crippen molar-refractivity contribution in [2.24, 2.45) is 0 Å². The Balaban J connectivity index is 1.53. The van der Waals surface area contributed by atoms with E-state index in [9.17, 15) is 0 Å². The molecule has 0 spiro atoms. The van der Waals surface area contributed by atoms with Gasteiger partial charge >= 0.3 is 0 Å². The zero-order valence-corrected chi connectivity index (χ0v) is 13.9. The Bertz CT molecular complexity index is 772. The van der Waals surface area contributed by atoms with Gasteiger partial charge in [0, 0.05) is 25.5 Å². The van der Waals surface area contributed by atoms with Gasteiger partial charge in [-0.2, -0.15) is 0 Å². The van der Waals surface area contributed by atoms with E-state index in [1.807, 2.05) is 36.5 Å². The van der Waals surface area contributed by atoms with Crippen molar-refractivity contribution in [2.45, 2.75) is 26.6 Å². The van der Waals surface area contributed by atoms with Gasteiger partial charge in [-0.3, -0.25) is 4.98 Å². The molecule has 122 valence electrons. The van der Waals surface area contributed by atoms with Crippen LogP contribution < -0.4 is 10.1 Å². The minimum atomic E-state index is 0.596. The van der Waals surface area contributed by atoms with Gasteiger partial charge in [-0.15, -0.1) is 0 Å². The van der Waals surface area contributed by atoms with Gasteiger partial charge in [0.1, 0.15) is 12.4 Å². The van der Waals surface area contributed by atoms with Crippen LogP contribution in [0.3, 0.4) is 0 Å². The summed E-state index contributed by atoms with van der Waals surface area (Å²) >= 11 is 0. The summed E-state index contributed by atoms with van der Waals surface area (Å²) < 4.78 is 5.94. The minimum absolute atomic E-state index is 0.596. The lowest BCUT2D eigenvalue weighted by molar-refractivity contribution is 0.305. The van der Waals surface area contributed by atoms with Crippen LogP contribution in [-0.4, -0.2) is 4.98 Å². The molecule has 0 aliphatic carbocycles. The fourth-order valence-electron chi connectivity index (χ4n) is 2.53. The van der Waals surface area contributed by atoms with E-state index in [2.05, 4.69) is 47.6 Å². The van der Waals surface area contributed by atoms with Crippen molar-refractivity contribution in [2.75, 3.05) is 0 Å². The van der Waals surface area contributed by atoms with E-state index in [1.54, 1.807) is 6.20 Å². The number of nitrogens with zero attached hydrogens (tertiary/aromatic N) is 1. The molecule has 0 radical (unpaired) electrons. The standard InChI is InChI=1S/C21H22N2O/c1-17-6-2-3-9-20(17)16-24-21-10-4-7-18(12-21)13-23-15-19-8-5-11-22-14-19/h2-12,14,23H,13,15-16H2,1H3. The summed E-state index contributed by atoms with van der Waals surface area (Å²) in [6.45, 7) is 4.31. The third-order valence-corrected chi connectivity index (χ3v) is 3.94. The van der Waals surface area contributed by atoms with Crippen LogP contribution in [0.25, 0.3) is 0 Å². The summed E-state index contributed by atoms with van der Waals surface area (Å²) in [4.78, 5) is 4.12. The van der Waals surface area contributed by atoms with Crippen molar-refractivity contribution in [3.63, 3.8) is 0 Å². The minimum Gasteiger partial charge on any atom is -0.489 e. The van der Waals surface area contributed by atoms with Crippen LogP contribution in [0.1, 0.15) is 22.3 Å². The van der Waals surface area contributed by atoms with E-state index >= 15 is 0 Å². The predicted octanol–water partition coefficient (Wildman–Crippen LogP) is 4.26. The fraction of sp³-hybridized carbons (Fsp3) is 0.190. The first-order valence-corrected chi connectivity index (χ1v) is 8.17. The van der Waals surface area contributed by atoms with E-state index in [1.165, 1.54) is 22.3 Å². The van der Waals surface area contributed by atoms with E-state index in [0.717, 1.165) is 18.8 Å². The number of benzene rings is 2. The second-order valence-electron chi connectivity index (χ2n) is 5.83. The van der Waals surface area contributed by atoms with Crippen molar-refractivity contribution in [1.82, 2.24) is 10.3 Å². The van der Waals surface area contributed by atoms with Crippen LogP contribution in [0.15, 0.2) is 73.1 Å². The average Bonchev–Trinajstić information content (AvgIpc) is 2.62. The Kier molecular flexibility index (Phi) is 5.59. The average molecular weight is 318 g/mol. The van der Waals surface area contributed by atoms with Crippen molar-refractivity contribution in [3.05, 3.63) is 95.3 Å². The fourth-order valence-corrected chi connectivity index (χ4v) is 2.53. The normalized spacial score (nSPS) is 10.5. The molecule has 24 heavy (non-hydrogen) atoms. The largest absolute Gasteiger partial charge is 0.489 e. The molecule has 0 aliphatic rings. The highest BCUT2D eigenvalue weighted by atomic mass is 16.5. The first-order chi connectivity index (χ1) is 11.8. The highest BCUT2D eigenvalue weighted by molar-refractivity contribution is 5.30. The van der Waals surface area contributed by atoms with Crippen molar-refractivity contribution >= 4 is 0 Å². The summed E-state index contributed by atoms with van der Waals surface area (Å²) in [5, 5.41) is 3.43. The summed E-state index contributed by atoms with van der Waals surface area (Å²) in [6.07, 6.45) is 3.67. The lowest BCUT2D eigenvalue weighted by Gasteiger charge is -2.10. The molecule has 0 aliphatic heterocycles. The first kappa shape index (κ1) is 16.2. The maximum atomic E-state index is 5.94. The van der Waals surface area contributed by atoms with Crippen LogP contribution in [-0.2, 0) is 19.7 Å². The molecule has 0 saturated heterocycles. The second kappa shape index (κ2) is 8.27. The first-order valence-electron chi connectivity index (χ1n) is 8.17. The molecular weight excluding hydrogens is 296 g/mol. The summed E-state index contributed by atoms with van der Waals surface area (Å²) in [6, 6.07) is 20.6. The summed E-state index contributed by atoms with van der Waals surface area (Å²) in [5.74, 6) is 0.902. The molecule has 1 N–H and O–H groups in total. The topological polar surface area (TPSA) is 34.1 Å². The lowest BCUT2D eigenvalue weighted by atomic mass is 10.1. The number of aryl methyl sites for hydroxylation is 1. The molecule has 0 fully saturated rings. The molecule has 0 atom stereocenters. The number of aromatic nitrogens is 1. The van der Waals surface area contributed by atoms with Crippen LogP contribution in [0, 0.1) is 6.92 Å². The Hall–Kier alpha value is -2.65. The Morgan fingerprint density at radius 2 is 1.75 bits per heavy atom. The van der Waals surface area contributed by atoms with Gasteiger partial charge in [-0.25, -0.2) is 0 Å². The van der Waals surface area contributed by atoms with E-state index in [-0.39, 0.29) is 0 Å². The smallest absolute Gasteiger partial charge is 0.120 e. The molecule has 1 aromatic heterocycles. The molecule has 0 bridgehead atoms. The van der Waals surface area contributed by atoms with E-state index in [0.29, 0.717) is 6.61 Å². The molecule has 0 amide bonds. The highest BCUT2D eigenvalue weighted by Gasteiger charge is 2.01. The van der Waals surface area contributed by atoms with Gasteiger partial charge in [-0.05, 0) is 47.4 Å². The third kappa shape index (κ3) is 4.67. The van der Waals surface area contributed by atoms with Crippen molar-refractivity contribution < 1.29 is 4.74 Å². The molecule has 2 aromatic carbocycles. The molecule has 0 unspecified atom stereocenters. The third-order valence-electron chi connectivity index (χ3n) is 3.94. The Labute approximate surface area is 143 Å². The number of pyridine rings is 1. The number of nitrogens with one attached hydrogen (secondary N) is 1. The maximum absolute atomic E-state index is 5.94. The van der Waals surface area contributed by atoms with Crippen molar-refractivity contribution in [3.8, 4) is 5.75 Å². The number of ether oxygens (including phenoxy) is 1. The number of hydrogen-bond donors (Lipinski definition) is 1. The molecule has 3 aromatic rings. The van der Waals surface area contributed by atoms with E-state index in [4.69, 9.17) is 4.74 Å². The zero-order valence-electron chi connectivity index (χ0n) is 13.9. The molecule has 3 rings (SSSR count).